The number of hydrogen-bond acceptors (Lipinski definition) is 2. The van der Waals surface area contributed by atoms with Gasteiger partial charge < -0.3 is 4.74 Å². The second-order valence-corrected chi connectivity index (χ2v) is 7.78. The lowest BCUT2D eigenvalue weighted by Crippen LogP contribution is -2.21. The average Bonchev–Trinajstić information content (AvgIpc) is 2.70. The smallest absolute Gasteiger partial charge is 0.403 e. The van der Waals surface area contributed by atoms with Crippen LogP contribution in [0.4, 0.5) is 0 Å². The lowest BCUT2D eigenvalue weighted by Gasteiger charge is -2.07. The number of carbonyl (C=O) groups excluding carboxylic acids is 1. The van der Waals surface area contributed by atoms with Crippen LogP contribution in [0, 0.1) is 0 Å². The minimum atomic E-state index is -0.257. The Kier molecular flexibility index (Phi) is 15.2. The van der Waals surface area contributed by atoms with Gasteiger partial charge in [-0.05, 0) is 38.2 Å². The zero-order valence-corrected chi connectivity index (χ0v) is 18.2. The van der Waals surface area contributed by atoms with E-state index in [4.69, 9.17) is 4.74 Å². The third-order valence-corrected chi connectivity index (χ3v) is 5.16. The van der Waals surface area contributed by atoms with E-state index in [1.54, 1.807) is 10.7 Å². The summed E-state index contributed by atoms with van der Waals surface area (Å²) in [5, 5.41) is 0. The maximum atomic E-state index is 12.0. The van der Waals surface area contributed by atoms with E-state index in [2.05, 4.69) is 25.8 Å². The summed E-state index contributed by atoms with van der Waals surface area (Å²) in [5.74, 6) is -0.257. The van der Waals surface area contributed by atoms with Crippen molar-refractivity contribution in [2.24, 2.45) is 0 Å². The topological polar surface area (TPSA) is 29.3 Å². The van der Waals surface area contributed by atoms with Gasteiger partial charge in [-0.25, -0.2) is 4.79 Å². The van der Waals surface area contributed by atoms with Gasteiger partial charge in [0.1, 0.15) is 6.72 Å². The average molecular weight is 389 g/mol. The van der Waals surface area contributed by atoms with Crippen molar-refractivity contribution in [3.8, 4) is 0 Å². The lowest BCUT2D eigenvalue weighted by atomic mass is 10.1. The molecule has 0 aromatic heterocycles. The van der Waals surface area contributed by atoms with Crippen LogP contribution in [-0.2, 0) is 9.53 Å². The van der Waals surface area contributed by atoms with Crippen LogP contribution in [0.25, 0.3) is 0 Å². The van der Waals surface area contributed by atoms with E-state index in [1.807, 2.05) is 12.2 Å². The monoisotopic (exact) mass is 388 g/mol. The summed E-state index contributed by atoms with van der Waals surface area (Å²) in [6, 6.07) is 0. The highest BCUT2D eigenvalue weighted by atomic mass is 16.5. The molecule has 1 aliphatic rings. The molecule has 0 aromatic carbocycles. The minimum absolute atomic E-state index is 0.257. The first kappa shape index (κ1) is 24.4. The molecule has 0 N–H and O–H groups in total. The van der Waals surface area contributed by atoms with Gasteiger partial charge in [0, 0.05) is 6.08 Å². The van der Waals surface area contributed by atoms with Gasteiger partial charge in [0.25, 0.3) is 5.70 Å². The highest BCUT2D eigenvalue weighted by molar-refractivity contribution is 5.86. The molecule has 0 aliphatic carbocycles. The zero-order valence-electron chi connectivity index (χ0n) is 18.2. The molecule has 1 heterocycles. The van der Waals surface area contributed by atoms with Crippen molar-refractivity contribution in [3.05, 3.63) is 36.1 Å². The SMILES string of the molecule is C=[N+]1CC=CC=C1C(=O)OCCCCCCCC/C=C\CCCCCCCC. The van der Waals surface area contributed by atoms with Crippen LogP contribution in [-0.4, -0.2) is 30.4 Å². The van der Waals surface area contributed by atoms with E-state index >= 15 is 0 Å². The van der Waals surface area contributed by atoms with Crippen LogP contribution in [0.3, 0.4) is 0 Å². The number of carbonyl (C=O) groups is 1. The van der Waals surface area contributed by atoms with Gasteiger partial charge >= 0.3 is 5.97 Å². The molecule has 28 heavy (non-hydrogen) atoms. The summed E-state index contributed by atoms with van der Waals surface area (Å²) in [5.41, 5.74) is 0.548. The molecule has 0 saturated heterocycles. The second-order valence-electron chi connectivity index (χ2n) is 7.78. The molecule has 0 aromatic rings. The summed E-state index contributed by atoms with van der Waals surface area (Å²) in [7, 11) is 0. The first-order valence-electron chi connectivity index (χ1n) is 11.5. The van der Waals surface area contributed by atoms with Crippen LogP contribution < -0.4 is 0 Å². The number of hydrogen-bond donors (Lipinski definition) is 0. The summed E-state index contributed by atoms with van der Waals surface area (Å²) in [4.78, 5) is 12.0. The Morgan fingerprint density at radius 1 is 0.964 bits per heavy atom. The Bertz CT molecular complexity index is 517. The molecule has 0 bridgehead atoms. The minimum Gasteiger partial charge on any atom is -0.458 e. The second kappa shape index (κ2) is 17.5. The van der Waals surface area contributed by atoms with Crippen molar-refractivity contribution in [3.63, 3.8) is 0 Å². The van der Waals surface area contributed by atoms with Crippen LogP contribution in [0.2, 0.25) is 0 Å². The van der Waals surface area contributed by atoms with Crippen molar-refractivity contribution < 1.29 is 14.1 Å². The number of allylic oxidation sites excluding steroid dienone is 4. The van der Waals surface area contributed by atoms with Crippen LogP contribution in [0.1, 0.15) is 96.8 Å². The number of ether oxygens (including phenoxy) is 1. The maximum Gasteiger partial charge on any atom is 0.403 e. The van der Waals surface area contributed by atoms with Gasteiger partial charge in [-0.2, -0.15) is 4.58 Å². The summed E-state index contributed by atoms with van der Waals surface area (Å²) in [6.07, 6.45) is 28.3. The van der Waals surface area contributed by atoms with Crippen molar-refractivity contribution in [2.75, 3.05) is 13.2 Å². The van der Waals surface area contributed by atoms with Gasteiger partial charge in [-0.1, -0.05) is 82.9 Å². The highest BCUT2D eigenvalue weighted by Crippen LogP contribution is 2.11. The van der Waals surface area contributed by atoms with Crippen LogP contribution >= 0.6 is 0 Å². The molecule has 0 fully saturated rings. The fourth-order valence-electron chi connectivity index (χ4n) is 3.34. The van der Waals surface area contributed by atoms with Crippen molar-refractivity contribution in [1.82, 2.24) is 0 Å². The normalized spacial score (nSPS) is 13.9. The summed E-state index contributed by atoms with van der Waals surface area (Å²) >= 11 is 0. The Balaban J connectivity index is 1.83. The van der Waals surface area contributed by atoms with E-state index in [-0.39, 0.29) is 5.97 Å². The molecule has 0 unspecified atom stereocenters. The fourth-order valence-corrected chi connectivity index (χ4v) is 3.34. The van der Waals surface area contributed by atoms with E-state index in [0.29, 0.717) is 18.8 Å². The van der Waals surface area contributed by atoms with Crippen LogP contribution in [0.15, 0.2) is 36.1 Å². The number of rotatable bonds is 17. The molecule has 0 spiro atoms. The Labute approximate surface area is 173 Å². The van der Waals surface area contributed by atoms with Crippen molar-refractivity contribution in [1.29, 1.82) is 0 Å². The molecular formula is C25H42NO2+. The fraction of sp³-hybridized carbons (Fsp3) is 0.680. The Morgan fingerprint density at radius 3 is 2.14 bits per heavy atom. The summed E-state index contributed by atoms with van der Waals surface area (Å²) < 4.78 is 7.01. The molecule has 0 saturated carbocycles. The molecule has 0 amide bonds. The molecule has 158 valence electrons. The first-order valence-corrected chi connectivity index (χ1v) is 11.5. The predicted octanol–water partition coefficient (Wildman–Crippen LogP) is 6.73. The van der Waals surface area contributed by atoms with Gasteiger partial charge in [0.15, 0.2) is 6.54 Å². The Hall–Kier alpha value is -1.64. The standard InChI is InChI=1S/C25H42NO2/c1-3-4-5-6-7-8-9-10-11-12-13-14-15-16-17-20-23-28-25(27)24-21-18-19-22-26(24)2/h10-11,18-19,21H,2-9,12-17,20,22-23H2,1H3/q+1/b11-10-. The third-order valence-electron chi connectivity index (χ3n) is 5.16. The molecule has 3 heteroatoms. The number of unbranched alkanes of at least 4 members (excludes halogenated alkanes) is 12. The summed E-state index contributed by atoms with van der Waals surface area (Å²) in [6.45, 7) is 7.28. The molecular weight excluding hydrogens is 346 g/mol. The van der Waals surface area contributed by atoms with E-state index in [9.17, 15) is 4.79 Å². The van der Waals surface area contributed by atoms with Gasteiger partial charge in [-0.3, -0.25) is 0 Å². The van der Waals surface area contributed by atoms with Crippen molar-refractivity contribution in [2.45, 2.75) is 96.8 Å². The highest BCUT2D eigenvalue weighted by Gasteiger charge is 2.22. The largest absolute Gasteiger partial charge is 0.458 e. The quantitative estimate of drug-likeness (QED) is 0.120. The van der Waals surface area contributed by atoms with E-state index in [0.717, 1.165) is 12.8 Å². The zero-order chi connectivity index (χ0) is 20.3. The third kappa shape index (κ3) is 12.7. The molecule has 3 nitrogen and oxygen atoms in total. The van der Waals surface area contributed by atoms with Gasteiger partial charge in [-0.15, -0.1) is 0 Å². The molecule has 1 aliphatic heterocycles. The first-order chi connectivity index (χ1) is 13.8. The molecule has 0 radical (unpaired) electrons. The van der Waals surface area contributed by atoms with E-state index in [1.165, 1.54) is 77.0 Å². The number of nitrogens with zero attached hydrogens (tertiary/aromatic N) is 1. The predicted molar refractivity (Wildman–Crippen MR) is 120 cm³/mol. The van der Waals surface area contributed by atoms with Gasteiger partial charge in [0.05, 0.1) is 6.61 Å². The molecule has 0 atom stereocenters. The van der Waals surface area contributed by atoms with Crippen molar-refractivity contribution >= 4 is 12.7 Å². The lowest BCUT2D eigenvalue weighted by molar-refractivity contribution is -0.454. The van der Waals surface area contributed by atoms with E-state index < -0.39 is 0 Å². The number of esters is 1. The maximum absolute atomic E-state index is 12.0. The molecule has 1 rings (SSSR count). The Morgan fingerprint density at radius 2 is 1.54 bits per heavy atom. The van der Waals surface area contributed by atoms with Crippen LogP contribution in [0.5, 0.6) is 0 Å². The van der Waals surface area contributed by atoms with Gasteiger partial charge in [0.2, 0.25) is 0 Å².